The van der Waals surface area contributed by atoms with E-state index in [2.05, 4.69) is 21.2 Å². The van der Waals surface area contributed by atoms with E-state index in [1.54, 1.807) is 0 Å². The van der Waals surface area contributed by atoms with Crippen LogP contribution in [0, 0.1) is 0 Å². The van der Waals surface area contributed by atoms with E-state index in [9.17, 15) is 13.5 Å². The summed E-state index contributed by atoms with van der Waals surface area (Å²) in [6, 6.07) is 3.98. The minimum atomic E-state index is -3.65. The number of β-amino-alcohol motifs (C(OH)–C–C–N with tert-alkyl or cyclic N) is 1. The molecule has 1 saturated heterocycles. The first-order valence-electron chi connectivity index (χ1n) is 5.66. The van der Waals surface area contributed by atoms with Crippen molar-refractivity contribution >= 4 is 37.6 Å². The first-order chi connectivity index (χ1) is 8.84. The van der Waals surface area contributed by atoms with Gasteiger partial charge in [-0.05, 0) is 34.1 Å². The third-order valence-electron chi connectivity index (χ3n) is 3.19. The molecule has 0 bridgehead atoms. The molecule has 2 atom stereocenters. The van der Waals surface area contributed by atoms with Gasteiger partial charge in [-0.1, -0.05) is 11.6 Å². The number of halogens is 2. The summed E-state index contributed by atoms with van der Waals surface area (Å²) in [5, 5.41) is 13.2. The monoisotopic (exact) mass is 368 g/mol. The zero-order valence-electron chi connectivity index (χ0n) is 10.2. The molecule has 8 heteroatoms. The van der Waals surface area contributed by atoms with E-state index in [0.29, 0.717) is 22.6 Å². The number of hydrogen-bond donors (Lipinski definition) is 2. The second-order valence-electron chi connectivity index (χ2n) is 4.39. The highest BCUT2D eigenvalue weighted by Gasteiger charge is 2.35. The van der Waals surface area contributed by atoms with Gasteiger partial charge in [-0.3, -0.25) is 0 Å². The van der Waals surface area contributed by atoms with Crippen LogP contribution < -0.4 is 5.32 Å². The Hall–Kier alpha value is -0.180. The van der Waals surface area contributed by atoms with Gasteiger partial charge in [0.2, 0.25) is 10.0 Å². The predicted molar refractivity (Wildman–Crippen MR) is 76.8 cm³/mol. The minimum absolute atomic E-state index is 0.144. The Morgan fingerprint density at radius 3 is 2.68 bits per heavy atom. The van der Waals surface area contributed by atoms with Gasteiger partial charge < -0.3 is 10.4 Å². The Balaban J connectivity index is 2.33. The summed E-state index contributed by atoms with van der Waals surface area (Å²) in [5.41, 5.74) is 0. The molecule has 0 aliphatic carbocycles. The van der Waals surface area contributed by atoms with Crippen LogP contribution >= 0.6 is 27.5 Å². The van der Waals surface area contributed by atoms with Crippen molar-refractivity contribution < 1.29 is 13.5 Å². The molecule has 1 aliphatic heterocycles. The zero-order valence-corrected chi connectivity index (χ0v) is 13.3. The lowest BCUT2D eigenvalue weighted by Gasteiger charge is -2.25. The van der Waals surface area contributed by atoms with Crippen LogP contribution in [0.3, 0.4) is 0 Å². The van der Waals surface area contributed by atoms with Gasteiger partial charge >= 0.3 is 0 Å². The second kappa shape index (κ2) is 5.67. The van der Waals surface area contributed by atoms with E-state index in [0.717, 1.165) is 0 Å². The first-order valence-corrected chi connectivity index (χ1v) is 8.27. The van der Waals surface area contributed by atoms with Crippen LogP contribution in [0.2, 0.25) is 5.02 Å². The van der Waals surface area contributed by atoms with E-state index < -0.39 is 22.2 Å². The summed E-state index contributed by atoms with van der Waals surface area (Å²) < 4.78 is 26.6. The van der Waals surface area contributed by atoms with Gasteiger partial charge in [0.1, 0.15) is 0 Å². The summed E-state index contributed by atoms with van der Waals surface area (Å²) in [6.07, 6.45) is -0.699. The Morgan fingerprint density at radius 1 is 1.47 bits per heavy atom. The molecular weight excluding hydrogens is 356 g/mol. The van der Waals surface area contributed by atoms with Crippen LogP contribution in [0.4, 0.5) is 0 Å². The fourth-order valence-electron chi connectivity index (χ4n) is 2.00. The lowest BCUT2D eigenvalue weighted by molar-refractivity contribution is 0.136. The highest BCUT2D eigenvalue weighted by atomic mass is 79.9. The van der Waals surface area contributed by atoms with E-state index >= 15 is 0 Å². The number of likely N-dealkylation sites (N-methyl/N-ethyl adjacent to an activating group) is 1. The Morgan fingerprint density at radius 2 is 2.16 bits per heavy atom. The van der Waals surface area contributed by atoms with Crippen LogP contribution in [0.5, 0.6) is 0 Å². The smallest absolute Gasteiger partial charge is 0.243 e. The van der Waals surface area contributed by atoms with E-state index in [4.69, 9.17) is 11.6 Å². The highest BCUT2D eigenvalue weighted by molar-refractivity contribution is 9.10. The molecule has 106 valence electrons. The van der Waals surface area contributed by atoms with Gasteiger partial charge in [-0.2, -0.15) is 4.31 Å². The lowest BCUT2D eigenvalue weighted by Crippen LogP contribution is -2.44. The molecule has 0 unspecified atom stereocenters. The van der Waals surface area contributed by atoms with Crippen LogP contribution in [-0.2, 0) is 10.0 Å². The normalized spacial score (nSPS) is 24.1. The lowest BCUT2D eigenvalue weighted by atomic mass is 10.2. The van der Waals surface area contributed by atoms with E-state index in [1.807, 2.05) is 0 Å². The summed E-state index contributed by atoms with van der Waals surface area (Å²) in [5.74, 6) is 0. The largest absolute Gasteiger partial charge is 0.390 e. The molecule has 1 heterocycles. The SMILES string of the molecule is CN([C@@H]1CNC[C@H]1O)S(=O)(=O)c1ccc(Cl)c(Br)c1. The molecule has 5 nitrogen and oxygen atoms in total. The summed E-state index contributed by atoms with van der Waals surface area (Å²) in [4.78, 5) is 0.144. The molecule has 0 spiro atoms. The van der Waals surface area contributed by atoms with Crippen molar-refractivity contribution in [3.05, 3.63) is 27.7 Å². The molecule has 1 fully saturated rings. The van der Waals surface area contributed by atoms with E-state index in [-0.39, 0.29) is 4.90 Å². The molecule has 2 rings (SSSR count). The van der Waals surface area contributed by atoms with Crippen molar-refractivity contribution in [1.29, 1.82) is 0 Å². The van der Waals surface area contributed by atoms with Crippen molar-refractivity contribution in [2.24, 2.45) is 0 Å². The van der Waals surface area contributed by atoms with Crippen molar-refractivity contribution in [3.8, 4) is 0 Å². The van der Waals surface area contributed by atoms with Gasteiger partial charge in [0.25, 0.3) is 0 Å². The summed E-state index contributed by atoms with van der Waals surface area (Å²) in [7, 11) is -2.18. The van der Waals surface area contributed by atoms with Crippen LogP contribution in [-0.4, -0.2) is 50.1 Å². The number of sulfonamides is 1. The number of nitrogens with one attached hydrogen (secondary N) is 1. The Bertz CT molecular complexity index is 581. The van der Waals surface area contributed by atoms with Crippen LogP contribution in [0.1, 0.15) is 0 Å². The molecule has 1 aliphatic rings. The van der Waals surface area contributed by atoms with Gasteiger partial charge in [0.05, 0.1) is 22.1 Å². The fourth-order valence-corrected chi connectivity index (χ4v) is 4.06. The molecule has 0 radical (unpaired) electrons. The van der Waals surface area contributed by atoms with Crippen molar-refractivity contribution in [1.82, 2.24) is 9.62 Å². The van der Waals surface area contributed by atoms with E-state index in [1.165, 1.54) is 29.6 Å². The minimum Gasteiger partial charge on any atom is -0.390 e. The van der Waals surface area contributed by atoms with Gasteiger partial charge in [-0.25, -0.2) is 8.42 Å². The van der Waals surface area contributed by atoms with Crippen LogP contribution in [0.25, 0.3) is 0 Å². The Labute approximate surface area is 125 Å². The molecule has 2 N–H and O–H groups in total. The maximum atomic E-state index is 12.5. The summed E-state index contributed by atoms with van der Waals surface area (Å²) >= 11 is 9.06. The van der Waals surface area contributed by atoms with Crippen molar-refractivity contribution in [3.63, 3.8) is 0 Å². The van der Waals surface area contributed by atoms with Crippen molar-refractivity contribution in [2.75, 3.05) is 20.1 Å². The average molecular weight is 370 g/mol. The number of rotatable bonds is 3. The molecule has 0 amide bonds. The quantitative estimate of drug-likeness (QED) is 0.836. The third-order valence-corrected chi connectivity index (χ3v) is 6.28. The van der Waals surface area contributed by atoms with Crippen molar-refractivity contribution in [2.45, 2.75) is 17.0 Å². The third kappa shape index (κ3) is 2.96. The average Bonchev–Trinajstić information content (AvgIpc) is 2.77. The number of aliphatic hydroxyl groups is 1. The maximum absolute atomic E-state index is 12.5. The highest BCUT2D eigenvalue weighted by Crippen LogP contribution is 2.27. The second-order valence-corrected chi connectivity index (χ2v) is 7.65. The number of aliphatic hydroxyl groups excluding tert-OH is 1. The fraction of sp³-hybridized carbons (Fsp3) is 0.455. The molecule has 1 aromatic rings. The Kier molecular flexibility index (Phi) is 4.54. The number of benzene rings is 1. The molecule has 1 aromatic carbocycles. The summed E-state index contributed by atoms with van der Waals surface area (Å²) in [6.45, 7) is 0.834. The maximum Gasteiger partial charge on any atom is 0.243 e. The standard InChI is InChI=1S/C11H14BrClN2O3S/c1-15(10-5-14-6-11(10)16)19(17,18)7-2-3-9(13)8(12)4-7/h2-4,10-11,14,16H,5-6H2,1H3/t10-,11-/m1/s1. The molecule has 19 heavy (non-hydrogen) atoms. The van der Waals surface area contributed by atoms with Gasteiger partial charge in [-0.15, -0.1) is 0 Å². The molecular formula is C11H14BrClN2O3S. The van der Waals surface area contributed by atoms with Gasteiger partial charge in [0, 0.05) is 24.6 Å². The molecule has 0 aromatic heterocycles. The number of hydrogen-bond acceptors (Lipinski definition) is 4. The van der Waals surface area contributed by atoms with Gasteiger partial charge in [0.15, 0.2) is 0 Å². The predicted octanol–water partition coefficient (Wildman–Crippen LogP) is 1.06. The topological polar surface area (TPSA) is 69.6 Å². The first kappa shape index (κ1) is 15.2. The number of nitrogens with zero attached hydrogens (tertiary/aromatic N) is 1. The molecule has 0 saturated carbocycles. The van der Waals surface area contributed by atoms with Crippen LogP contribution in [0.15, 0.2) is 27.6 Å². The zero-order chi connectivity index (χ0) is 14.2.